The number of amides is 1. The highest BCUT2D eigenvalue weighted by Gasteiger charge is 2.24. The van der Waals surface area contributed by atoms with Crippen molar-refractivity contribution < 1.29 is 9.53 Å². The van der Waals surface area contributed by atoms with E-state index in [2.05, 4.69) is 38.3 Å². The molecule has 0 radical (unpaired) electrons. The van der Waals surface area contributed by atoms with Crippen molar-refractivity contribution >= 4 is 21.8 Å². The minimum atomic E-state index is 0.0602. The van der Waals surface area contributed by atoms with Gasteiger partial charge in [-0.05, 0) is 61.3 Å². The lowest BCUT2D eigenvalue weighted by molar-refractivity contribution is -0.120. The largest absolute Gasteiger partial charge is 0.497 e. The molecule has 4 nitrogen and oxygen atoms in total. The van der Waals surface area contributed by atoms with Crippen LogP contribution >= 0.6 is 15.9 Å². The maximum absolute atomic E-state index is 12.4. The summed E-state index contributed by atoms with van der Waals surface area (Å²) in [7, 11) is 1.68. The van der Waals surface area contributed by atoms with E-state index in [0.717, 1.165) is 28.9 Å². The first-order valence-electron chi connectivity index (χ1n) is 9.05. The fraction of sp³-hybridized carbons (Fsp3) is 0.381. The van der Waals surface area contributed by atoms with Gasteiger partial charge in [0.05, 0.1) is 19.6 Å². The Balaban J connectivity index is 1.63. The minimum absolute atomic E-state index is 0.0602. The predicted molar refractivity (Wildman–Crippen MR) is 107 cm³/mol. The van der Waals surface area contributed by atoms with Crippen molar-refractivity contribution in [3.63, 3.8) is 0 Å². The van der Waals surface area contributed by atoms with Crippen molar-refractivity contribution in [3.05, 3.63) is 64.1 Å². The lowest BCUT2D eigenvalue weighted by Crippen LogP contribution is -2.37. The summed E-state index contributed by atoms with van der Waals surface area (Å²) in [5, 5.41) is 3.13. The highest BCUT2D eigenvalue weighted by atomic mass is 79.9. The van der Waals surface area contributed by atoms with Crippen LogP contribution in [-0.4, -0.2) is 37.6 Å². The number of nitrogens with one attached hydrogen (secondary N) is 1. The molecule has 26 heavy (non-hydrogen) atoms. The van der Waals surface area contributed by atoms with Crippen LogP contribution in [0, 0.1) is 0 Å². The molecule has 2 aromatic carbocycles. The van der Waals surface area contributed by atoms with Gasteiger partial charge in [-0.3, -0.25) is 9.69 Å². The summed E-state index contributed by atoms with van der Waals surface area (Å²) in [6, 6.07) is 16.3. The Morgan fingerprint density at radius 1 is 1.12 bits per heavy atom. The van der Waals surface area contributed by atoms with E-state index in [9.17, 15) is 4.79 Å². The molecule has 1 atom stereocenters. The molecule has 1 amide bonds. The molecule has 5 heteroatoms. The van der Waals surface area contributed by atoms with E-state index in [4.69, 9.17) is 4.74 Å². The zero-order valence-corrected chi connectivity index (χ0v) is 16.7. The van der Waals surface area contributed by atoms with Crippen LogP contribution in [0.2, 0.25) is 0 Å². The molecule has 0 unspecified atom stereocenters. The van der Waals surface area contributed by atoms with Crippen LogP contribution in [0.1, 0.15) is 30.0 Å². The summed E-state index contributed by atoms with van der Waals surface area (Å²) >= 11 is 3.42. The number of methoxy groups -OCH3 is 1. The van der Waals surface area contributed by atoms with Crippen molar-refractivity contribution in [2.24, 2.45) is 0 Å². The molecule has 0 bridgehead atoms. The molecular formula is C21H25BrN2O2. The monoisotopic (exact) mass is 416 g/mol. The molecule has 1 N–H and O–H groups in total. The van der Waals surface area contributed by atoms with Gasteiger partial charge in [-0.25, -0.2) is 0 Å². The molecule has 1 aliphatic heterocycles. The van der Waals surface area contributed by atoms with Crippen molar-refractivity contribution in [2.45, 2.75) is 25.3 Å². The molecule has 3 rings (SSSR count). The molecule has 1 saturated heterocycles. The van der Waals surface area contributed by atoms with Crippen molar-refractivity contribution in [1.29, 1.82) is 0 Å². The molecular weight excluding hydrogens is 392 g/mol. The summed E-state index contributed by atoms with van der Waals surface area (Å²) in [6.45, 7) is 2.79. The average Bonchev–Trinajstić information content (AvgIpc) is 3.19. The molecule has 2 aromatic rings. The molecule has 138 valence electrons. The maximum Gasteiger partial charge on any atom is 0.224 e. The summed E-state index contributed by atoms with van der Waals surface area (Å²) in [5.41, 5.74) is 2.24. The Hall–Kier alpha value is -1.85. The fourth-order valence-corrected chi connectivity index (χ4v) is 3.66. The summed E-state index contributed by atoms with van der Waals surface area (Å²) in [6.07, 6.45) is 2.85. The standard InChI is InChI=1S/C21H25BrN2O2/c1-26-19-10-6-17(7-11-19)20(24-12-2-3-13-24)15-23-21(25)14-16-4-8-18(22)9-5-16/h4-11,20H,2-3,12-15H2,1H3,(H,23,25)/t20-/m1/s1. The number of carbonyl (C=O) groups is 1. The SMILES string of the molecule is COc1ccc([C@@H](CNC(=O)Cc2ccc(Br)cc2)N2CCCC2)cc1. The van der Waals surface area contributed by atoms with Gasteiger partial charge < -0.3 is 10.1 Å². The number of ether oxygens (including phenoxy) is 1. The zero-order valence-electron chi connectivity index (χ0n) is 15.1. The minimum Gasteiger partial charge on any atom is -0.497 e. The first-order chi connectivity index (χ1) is 12.7. The predicted octanol–water partition coefficient (Wildman–Crippen LogP) is 3.95. The van der Waals surface area contributed by atoms with Crippen molar-refractivity contribution in [1.82, 2.24) is 10.2 Å². The highest BCUT2D eigenvalue weighted by molar-refractivity contribution is 9.10. The van der Waals surface area contributed by atoms with Crippen molar-refractivity contribution in [3.8, 4) is 5.75 Å². The molecule has 1 heterocycles. The molecule has 1 fully saturated rings. The van der Waals surface area contributed by atoms with E-state index in [1.807, 2.05) is 36.4 Å². The van der Waals surface area contributed by atoms with Crippen LogP contribution in [0.4, 0.5) is 0 Å². The van der Waals surface area contributed by atoms with Crippen LogP contribution in [0.15, 0.2) is 53.0 Å². The Kier molecular flexibility index (Phi) is 6.69. The van der Waals surface area contributed by atoms with Gasteiger partial charge in [0.15, 0.2) is 0 Å². The molecule has 0 aromatic heterocycles. The summed E-state index contributed by atoms with van der Waals surface area (Å²) in [4.78, 5) is 14.8. The summed E-state index contributed by atoms with van der Waals surface area (Å²) < 4.78 is 6.28. The number of carbonyl (C=O) groups excluding carboxylic acids is 1. The van der Waals surface area contributed by atoms with E-state index in [1.54, 1.807) is 7.11 Å². The number of hydrogen-bond acceptors (Lipinski definition) is 3. The van der Waals surface area contributed by atoms with Crippen LogP contribution in [0.25, 0.3) is 0 Å². The first-order valence-corrected chi connectivity index (χ1v) is 9.84. The van der Waals surface area contributed by atoms with Gasteiger partial charge in [-0.15, -0.1) is 0 Å². The van der Waals surface area contributed by atoms with Gasteiger partial charge in [0.25, 0.3) is 0 Å². The second-order valence-corrected chi connectivity index (χ2v) is 7.56. The van der Waals surface area contributed by atoms with Crippen LogP contribution in [0.3, 0.4) is 0 Å². The van der Waals surface area contributed by atoms with Gasteiger partial charge in [-0.1, -0.05) is 40.2 Å². The van der Waals surface area contributed by atoms with Crippen molar-refractivity contribution in [2.75, 3.05) is 26.7 Å². The molecule has 0 spiro atoms. The third-order valence-corrected chi connectivity index (χ3v) is 5.38. The third kappa shape index (κ3) is 5.08. The Bertz CT molecular complexity index is 710. The molecule has 0 aliphatic carbocycles. The quantitative estimate of drug-likeness (QED) is 0.742. The highest BCUT2D eigenvalue weighted by Crippen LogP contribution is 2.26. The van der Waals surface area contributed by atoms with Gasteiger partial charge >= 0.3 is 0 Å². The lowest BCUT2D eigenvalue weighted by Gasteiger charge is -2.28. The smallest absolute Gasteiger partial charge is 0.224 e. The van der Waals surface area contributed by atoms with Gasteiger partial charge in [-0.2, -0.15) is 0 Å². The second kappa shape index (κ2) is 9.19. The van der Waals surface area contributed by atoms with Gasteiger partial charge in [0.2, 0.25) is 5.91 Å². The maximum atomic E-state index is 12.4. The average molecular weight is 417 g/mol. The number of hydrogen-bond donors (Lipinski definition) is 1. The molecule has 0 saturated carbocycles. The van der Waals surface area contributed by atoms with E-state index < -0.39 is 0 Å². The van der Waals surface area contributed by atoms with E-state index in [0.29, 0.717) is 13.0 Å². The van der Waals surface area contributed by atoms with Gasteiger partial charge in [0, 0.05) is 11.0 Å². The third-order valence-electron chi connectivity index (χ3n) is 4.85. The topological polar surface area (TPSA) is 41.6 Å². The number of benzene rings is 2. The van der Waals surface area contributed by atoms with E-state index in [1.165, 1.54) is 18.4 Å². The number of nitrogens with zero attached hydrogens (tertiary/aromatic N) is 1. The van der Waals surface area contributed by atoms with Crippen LogP contribution in [0.5, 0.6) is 5.75 Å². The lowest BCUT2D eigenvalue weighted by atomic mass is 10.0. The Morgan fingerprint density at radius 2 is 1.77 bits per heavy atom. The number of likely N-dealkylation sites (tertiary alicyclic amines) is 1. The number of rotatable bonds is 7. The Labute approximate surface area is 163 Å². The molecule has 1 aliphatic rings. The Morgan fingerprint density at radius 3 is 2.38 bits per heavy atom. The van der Waals surface area contributed by atoms with Crippen LogP contribution < -0.4 is 10.1 Å². The summed E-state index contributed by atoms with van der Waals surface area (Å²) in [5.74, 6) is 0.915. The van der Waals surface area contributed by atoms with Crippen LogP contribution in [-0.2, 0) is 11.2 Å². The van der Waals surface area contributed by atoms with E-state index in [-0.39, 0.29) is 11.9 Å². The normalized spacial score (nSPS) is 15.6. The zero-order chi connectivity index (χ0) is 18.4. The first kappa shape index (κ1) is 18.9. The second-order valence-electron chi connectivity index (χ2n) is 6.64. The van der Waals surface area contributed by atoms with E-state index >= 15 is 0 Å². The fourth-order valence-electron chi connectivity index (χ4n) is 3.40. The number of halogens is 1. The van der Waals surface area contributed by atoms with Gasteiger partial charge in [0.1, 0.15) is 5.75 Å².